The molecular formula is C24H35NO5. The minimum atomic E-state index is -0.560. The summed E-state index contributed by atoms with van der Waals surface area (Å²) in [6.45, 7) is 12.3. The summed E-state index contributed by atoms with van der Waals surface area (Å²) in [5.74, 6) is -0.0913. The first-order valence-corrected chi connectivity index (χ1v) is 11.2. The second kappa shape index (κ2) is 8.23. The average Bonchev–Trinajstić information content (AvgIpc) is 3.16. The third-order valence-electron chi connectivity index (χ3n) is 8.36. The topological polar surface area (TPSA) is 79.2 Å². The lowest BCUT2D eigenvalue weighted by Gasteiger charge is -2.62. The van der Waals surface area contributed by atoms with Gasteiger partial charge in [-0.2, -0.15) is 0 Å². The van der Waals surface area contributed by atoms with E-state index in [4.69, 9.17) is 9.47 Å². The SMILES string of the molecule is C=C1C(N2CCOCC2)CC2[C@](C)(CC[C@@H](O)[C@@]2(C)CO)C1/C=C/C1=CCOC1=O. The van der Waals surface area contributed by atoms with E-state index in [1.54, 1.807) is 0 Å². The maximum Gasteiger partial charge on any atom is 0.338 e. The number of hydrogen-bond acceptors (Lipinski definition) is 6. The highest BCUT2D eigenvalue weighted by Gasteiger charge is 2.59. The summed E-state index contributed by atoms with van der Waals surface area (Å²) in [6, 6.07) is 0.169. The van der Waals surface area contributed by atoms with Crippen molar-refractivity contribution in [3.05, 3.63) is 36.0 Å². The number of aliphatic hydroxyl groups excluding tert-OH is 2. The summed E-state index contributed by atoms with van der Waals surface area (Å²) in [6.07, 6.45) is 7.70. The second-order valence-corrected chi connectivity index (χ2v) is 9.85. The molecule has 2 aliphatic carbocycles. The summed E-state index contributed by atoms with van der Waals surface area (Å²) in [7, 11) is 0. The van der Waals surface area contributed by atoms with Crippen molar-refractivity contribution in [2.24, 2.45) is 22.7 Å². The molecule has 3 fully saturated rings. The third kappa shape index (κ3) is 3.48. The van der Waals surface area contributed by atoms with Gasteiger partial charge in [0, 0.05) is 30.5 Å². The zero-order valence-electron chi connectivity index (χ0n) is 18.2. The third-order valence-corrected chi connectivity index (χ3v) is 8.36. The van der Waals surface area contributed by atoms with E-state index in [-0.39, 0.29) is 35.9 Å². The number of ether oxygens (including phenoxy) is 2. The first-order chi connectivity index (χ1) is 14.3. The number of carbonyl (C=O) groups excluding carboxylic acids is 1. The van der Waals surface area contributed by atoms with Crippen LogP contribution in [0.2, 0.25) is 0 Å². The number of morpholine rings is 1. The first-order valence-electron chi connectivity index (χ1n) is 11.2. The highest BCUT2D eigenvalue weighted by Crippen LogP contribution is 2.61. The number of aliphatic hydroxyl groups is 2. The molecule has 6 atom stereocenters. The largest absolute Gasteiger partial charge is 0.458 e. The molecule has 6 nitrogen and oxygen atoms in total. The van der Waals surface area contributed by atoms with E-state index in [9.17, 15) is 15.0 Å². The van der Waals surface area contributed by atoms with E-state index in [1.807, 2.05) is 19.1 Å². The Kier molecular flexibility index (Phi) is 5.96. The zero-order valence-corrected chi connectivity index (χ0v) is 18.2. The van der Waals surface area contributed by atoms with Crippen LogP contribution in [0.5, 0.6) is 0 Å². The van der Waals surface area contributed by atoms with Crippen LogP contribution in [0.3, 0.4) is 0 Å². The van der Waals surface area contributed by atoms with E-state index >= 15 is 0 Å². The van der Waals surface area contributed by atoms with Gasteiger partial charge in [0.05, 0.1) is 31.5 Å². The Balaban J connectivity index is 1.72. The highest BCUT2D eigenvalue weighted by molar-refractivity contribution is 5.93. The molecule has 6 heteroatoms. The second-order valence-electron chi connectivity index (χ2n) is 9.85. The molecule has 3 unspecified atom stereocenters. The molecule has 0 aromatic heterocycles. The minimum Gasteiger partial charge on any atom is -0.458 e. The number of rotatable bonds is 4. The molecule has 0 amide bonds. The molecule has 2 N–H and O–H groups in total. The number of esters is 1. The molecule has 0 bridgehead atoms. The molecule has 4 rings (SSSR count). The van der Waals surface area contributed by atoms with Crippen LogP contribution in [0.4, 0.5) is 0 Å². The Bertz CT molecular complexity index is 755. The van der Waals surface area contributed by atoms with Crippen LogP contribution in [-0.4, -0.2) is 72.7 Å². The van der Waals surface area contributed by atoms with Crippen molar-refractivity contribution in [3.8, 4) is 0 Å². The van der Waals surface area contributed by atoms with Gasteiger partial charge in [-0.25, -0.2) is 4.79 Å². The number of hydrogen-bond donors (Lipinski definition) is 2. The van der Waals surface area contributed by atoms with Crippen LogP contribution >= 0.6 is 0 Å². The van der Waals surface area contributed by atoms with Crippen molar-refractivity contribution >= 4 is 5.97 Å². The Labute approximate surface area is 179 Å². The molecule has 0 spiro atoms. The number of fused-ring (bicyclic) bond motifs is 1. The van der Waals surface area contributed by atoms with Crippen LogP contribution in [-0.2, 0) is 14.3 Å². The predicted molar refractivity (Wildman–Crippen MR) is 114 cm³/mol. The van der Waals surface area contributed by atoms with E-state index < -0.39 is 11.5 Å². The van der Waals surface area contributed by atoms with Gasteiger partial charge in [-0.05, 0) is 36.7 Å². The number of carbonyl (C=O) groups is 1. The van der Waals surface area contributed by atoms with Crippen molar-refractivity contribution in [1.82, 2.24) is 4.90 Å². The highest BCUT2D eigenvalue weighted by atomic mass is 16.5. The van der Waals surface area contributed by atoms with E-state index in [0.29, 0.717) is 31.8 Å². The first kappa shape index (κ1) is 21.8. The number of cyclic esters (lactones) is 1. The van der Waals surface area contributed by atoms with Gasteiger partial charge in [0.2, 0.25) is 0 Å². The lowest BCUT2D eigenvalue weighted by molar-refractivity contribution is -0.156. The molecule has 4 aliphatic rings. The maximum atomic E-state index is 11.9. The van der Waals surface area contributed by atoms with Crippen molar-refractivity contribution in [2.75, 3.05) is 39.5 Å². The van der Waals surface area contributed by atoms with Gasteiger partial charge in [-0.1, -0.05) is 38.2 Å². The van der Waals surface area contributed by atoms with Crippen LogP contribution in [0.1, 0.15) is 33.1 Å². The Hall–Kier alpha value is -1.47. The zero-order chi connectivity index (χ0) is 21.5. The molecule has 0 radical (unpaired) electrons. The van der Waals surface area contributed by atoms with Crippen molar-refractivity contribution in [3.63, 3.8) is 0 Å². The van der Waals surface area contributed by atoms with Crippen molar-refractivity contribution < 1.29 is 24.5 Å². The van der Waals surface area contributed by atoms with Crippen LogP contribution in [0.15, 0.2) is 36.0 Å². The molecule has 1 saturated heterocycles. The monoisotopic (exact) mass is 417 g/mol. The Morgan fingerprint density at radius 3 is 2.70 bits per heavy atom. The molecule has 30 heavy (non-hydrogen) atoms. The average molecular weight is 418 g/mol. The summed E-state index contributed by atoms with van der Waals surface area (Å²) in [5, 5.41) is 21.2. The molecule has 2 aliphatic heterocycles. The standard InChI is InChI=1S/C24H35NO5/c1-16-18(5-4-17-7-11-30-22(17)28)23(2)8-6-21(27)24(3,15-26)20(23)14-19(16)25-9-12-29-13-10-25/h4-5,7,18-21,26-27H,1,6,8-15H2,2-3H3/b5-4+/t18?,19?,20?,21-,23-,24+/m1/s1. The Morgan fingerprint density at radius 2 is 2.07 bits per heavy atom. The fourth-order valence-corrected chi connectivity index (χ4v) is 6.39. The van der Waals surface area contributed by atoms with Gasteiger partial charge in [-0.15, -0.1) is 0 Å². The van der Waals surface area contributed by atoms with Crippen LogP contribution < -0.4 is 0 Å². The maximum absolute atomic E-state index is 11.9. The molecule has 166 valence electrons. The van der Waals surface area contributed by atoms with Crippen molar-refractivity contribution in [1.29, 1.82) is 0 Å². The fraction of sp³-hybridized carbons (Fsp3) is 0.708. The quantitative estimate of drug-likeness (QED) is 0.539. The van der Waals surface area contributed by atoms with Gasteiger partial charge >= 0.3 is 5.97 Å². The number of nitrogens with zero attached hydrogens (tertiary/aromatic N) is 1. The molecule has 2 heterocycles. The van der Waals surface area contributed by atoms with Crippen LogP contribution in [0.25, 0.3) is 0 Å². The lowest BCUT2D eigenvalue weighted by Crippen LogP contribution is -2.61. The van der Waals surface area contributed by atoms with Gasteiger partial charge in [0.25, 0.3) is 0 Å². The summed E-state index contributed by atoms with van der Waals surface area (Å²) < 4.78 is 10.6. The van der Waals surface area contributed by atoms with Gasteiger partial charge in [0.1, 0.15) is 6.61 Å². The van der Waals surface area contributed by atoms with E-state index in [1.165, 1.54) is 0 Å². The normalized spacial score (nSPS) is 42.9. The van der Waals surface area contributed by atoms with Gasteiger partial charge in [0.15, 0.2) is 0 Å². The van der Waals surface area contributed by atoms with Crippen LogP contribution in [0, 0.1) is 22.7 Å². The van der Waals surface area contributed by atoms with Crippen molar-refractivity contribution in [2.45, 2.75) is 45.3 Å². The van der Waals surface area contributed by atoms with E-state index in [2.05, 4.69) is 24.5 Å². The Morgan fingerprint density at radius 1 is 1.33 bits per heavy atom. The molecule has 0 aromatic rings. The minimum absolute atomic E-state index is 0.0371. The molecule has 2 saturated carbocycles. The summed E-state index contributed by atoms with van der Waals surface area (Å²) >= 11 is 0. The summed E-state index contributed by atoms with van der Waals surface area (Å²) in [4.78, 5) is 14.4. The summed E-state index contributed by atoms with van der Waals surface area (Å²) in [5.41, 5.74) is 1.05. The molecule has 0 aromatic carbocycles. The fourth-order valence-electron chi connectivity index (χ4n) is 6.39. The van der Waals surface area contributed by atoms with Gasteiger partial charge < -0.3 is 19.7 Å². The molecular weight excluding hydrogens is 382 g/mol. The lowest BCUT2D eigenvalue weighted by atomic mass is 9.45. The van der Waals surface area contributed by atoms with E-state index in [0.717, 1.165) is 31.5 Å². The smallest absolute Gasteiger partial charge is 0.338 e. The predicted octanol–water partition coefficient (Wildman–Crippen LogP) is 2.08. The number of allylic oxidation sites excluding steroid dienone is 1. The van der Waals surface area contributed by atoms with Gasteiger partial charge in [-0.3, -0.25) is 4.90 Å².